The monoisotopic (exact) mass is 491 g/mol. The van der Waals surface area contributed by atoms with Gasteiger partial charge in [-0.15, -0.1) is 0 Å². The van der Waals surface area contributed by atoms with Gasteiger partial charge in [0.15, 0.2) is 0 Å². The van der Waals surface area contributed by atoms with Crippen LogP contribution in [-0.4, -0.2) is 24.4 Å². The van der Waals surface area contributed by atoms with Crippen LogP contribution in [0.15, 0.2) is 83.0 Å². The van der Waals surface area contributed by atoms with E-state index in [0.717, 1.165) is 25.7 Å². The van der Waals surface area contributed by atoms with E-state index in [0.29, 0.717) is 6.04 Å². The highest BCUT2D eigenvalue weighted by atomic mass is 16.7. The highest BCUT2D eigenvalue weighted by Crippen LogP contribution is 2.60. The molecular weight excluding hydrogens is 453 g/mol. The summed E-state index contributed by atoms with van der Waals surface area (Å²) >= 11 is 0. The average molecular weight is 491 g/mol. The lowest BCUT2D eigenvalue weighted by Gasteiger charge is -2.49. The van der Waals surface area contributed by atoms with Crippen molar-refractivity contribution >= 4 is 18.4 Å². The Bertz CT molecular complexity index is 1370. The van der Waals surface area contributed by atoms with Crippen LogP contribution < -0.4 is 4.90 Å². The molecule has 7 rings (SSSR count). The van der Waals surface area contributed by atoms with Gasteiger partial charge in [0.05, 0.1) is 17.2 Å². The minimum Gasteiger partial charge on any atom is -0.399 e. The molecule has 190 valence electrons. The predicted octanol–water partition coefficient (Wildman–Crippen LogP) is 7.83. The third kappa shape index (κ3) is 3.28. The largest absolute Gasteiger partial charge is 0.494 e. The summed E-state index contributed by atoms with van der Waals surface area (Å²) in [6.07, 6.45) is 21.1. The number of allylic oxidation sites excluding steroid dienone is 10. The molecule has 1 fully saturated rings. The van der Waals surface area contributed by atoms with Crippen molar-refractivity contribution in [2.24, 2.45) is 5.41 Å². The van der Waals surface area contributed by atoms with Crippen molar-refractivity contribution in [1.82, 2.24) is 0 Å². The number of fused-ring (bicyclic) bond motifs is 4. The smallest absolute Gasteiger partial charge is 0.399 e. The molecule has 3 aliphatic carbocycles. The Hall–Kier alpha value is -2.56. The van der Waals surface area contributed by atoms with Gasteiger partial charge in [-0.1, -0.05) is 62.4 Å². The first-order valence-electron chi connectivity index (χ1n) is 14.1. The zero-order chi connectivity index (χ0) is 25.7. The summed E-state index contributed by atoms with van der Waals surface area (Å²) in [5, 5.41) is 0. The first kappa shape index (κ1) is 23.6. The summed E-state index contributed by atoms with van der Waals surface area (Å²) < 4.78 is 13.2. The Labute approximate surface area is 222 Å². The second-order valence-electron chi connectivity index (χ2n) is 13.0. The molecule has 1 aromatic carbocycles. The molecule has 3 nitrogen and oxygen atoms in total. The Morgan fingerprint density at radius 1 is 0.919 bits per heavy atom. The van der Waals surface area contributed by atoms with Gasteiger partial charge in [-0.25, -0.2) is 0 Å². The van der Waals surface area contributed by atoms with E-state index in [2.05, 4.69) is 107 Å². The maximum atomic E-state index is 6.58. The van der Waals surface area contributed by atoms with E-state index in [-0.39, 0.29) is 29.7 Å². The highest BCUT2D eigenvalue weighted by molar-refractivity contribution is 6.55. The Morgan fingerprint density at radius 3 is 2.41 bits per heavy atom. The lowest BCUT2D eigenvalue weighted by molar-refractivity contribution is 0.00578. The minimum absolute atomic E-state index is 0.0473. The molecule has 2 atom stereocenters. The molecule has 1 saturated heterocycles. The van der Waals surface area contributed by atoms with Gasteiger partial charge in [-0.05, 0) is 98.8 Å². The molecule has 4 heteroatoms. The summed E-state index contributed by atoms with van der Waals surface area (Å²) in [5.41, 5.74) is 10.3. The van der Waals surface area contributed by atoms with Crippen molar-refractivity contribution in [3.05, 3.63) is 94.2 Å². The van der Waals surface area contributed by atoms with Gasteiger partial charge in [0.25, 0.3) is 0 Å². The molecule has 37 heavy (non-hydrogen) atoms. The van der Waals surface area contributed by atoms with Crippen LogP contribution in [0.4, 0.5) is 5.69 Å². The Morgan fingerprint density at radius 2 is 1.68 bits per heavy atom. The standard InChI is InChI=1S/C33H38BNO2/c1-31(2)26-14-10-11-15-29(26)35-28-17-16-22(21-12-8-7-9-13-21)18-24(28)25-19-23(20-27(31)30(25)35)34-36-32(3,4)33(5,6)37-34/h8,10,12-14,16-20,25,30H,7,9,11,15H2,1-6H3. The number of hydrogen-bond acceptors (Lipinski definition) is 3. The van der Waals surface area contributed by atoms with E-state index < -0.39 is 0 Å². The molecule has 0 N–H and O–H groups in total. The second-order valence-corrected chi connectivity index (χ2v) is 13.0. The molecule has 0 saturated carbocycles. The zero-order valence-corrected chi connectivity index (χ0v) is 23.1. The third-order valence-electron chi connectivity index (χ3n) is 9.96. The summed E-state index contributed by atoms with van der Waals surface area (Å²) in [7, 11) is -0.351. The molecule has 3 aliphatic heterocycles. The molecule has 1 aromatic rings. The first-order valence-corrected chi connectivity index (χ1v) is 14.1. The van der Waals surface area contributed by atoms with Gasteiger partial charge in [0.2, 0.25) is 0 Å². The van der Waals surface area contributed by atoms with Crippen LogP contribution >= 0.6 is 0 Å². The summed E-state index contributed by atoms with van der Waals surface area (Å²) in [6, 6.07) is 7.49. The molecule has 0 spiro atoms. The first-order chi connectivity index (χ1) is 17.6. The number of hydrogen-bond donors (Lipinski definition) is 0. The van der Waals surface area contributed by atoms with Gasteiger partial charge >= 0.3 is 7.12 Å². The van der Waals surface area contributed by atoms with Crippen molar-refractivity contribution < 1.29 is 9.31 Å². The van der Waals surface area contributed by atoms with Crippen LogP contribution in [0.1, 0.15) is 84.3 Å². The molecule has 3 heterocycles. The van der Waals surface area contributed by atoms with Crippen molar-refractivity contribution in [3.8, 4) is 0 Å². The predicted molar refractivity (Wildman–Crippen MR) is 153 cm³/mol. The number of rotatable bonds is 2. The summed E-state index contributed by atoms with van der Waals surface area (Å²) in [4.78, 5) is 2.68. The molecule has 0 amide bonds. The fourth-order valence-electron chi connectivity index (χ4n) is 7.18. The van der Waals surface area contributed by atoms with Gasteiger partial charge < -0.3 is 14.2 Å². The molecule has 2 unspecified atom stereocenters. The molecule has 0 radical (unpaired) electrons. The van der Waals surface area contributed by atoms with Crippen molar-refractivity contribution in [2.45, 2.75) is 90.4 Å². The molecular formula is C33H38BNO2. The quantitative estimate of drug-likeness (QED) is 0.394. The van der Waals surface area contributed by atoms with Crippen molar-refractivity contribution in [3.63, 3.8) is 0 Å². The fourth-order valence-corrected chi connectivity index (χ4v) is 7.18. The minimum atomic E-state index is -0.357. The second kappa shape index (κ2) is 7.74. The van der Waals surface area contributed by atoms with Crippen LogP contribution in [0.3, 0.4) is 0 Å². The van der Waals surface area contributed by atoms with Gasteiger partial charge in [-0.2, -0.15) is 0 Å². The van der Waals surface area contributed by atoms with E-state index in [1.165, 1.54) is 44.7 Å². The van der Waals surface area contributed by atoms with Crippen LogP contribution in [0.25, 0.3) is 5.57 Å². The van der Waals surface area contributed by atoms with E-state index >= 15 is 0 Å². The fraction of sp³-hybridized carbons (Fsp3) is 0.455. The Kier molecular flexibility index (Phi) is 4.93. The molecule has 6 aliphatic rings. The van der Waals surface area contributed by atoms with Crippen molar-refractivity contribution in [1.29, 1.82) is 0 Å². The Balaban J connectivity index is 1.41. The molecule has 0 aromatic heterocycles. The lowest BCUT2D eigenvalue weighted by atomic mass is 9.61. The van der Waals surface area contributed by atoms with Gasteiger partial charge in [-0.3, -0.25) is 0 Å². The molecule has 0 bridgehead atoms. The summed E-state index contributed by atoms with van der Waals surface area (Å²) in [5.74, 6) is 0.274. The van der Waals surface area contributed by atoms with Gasteiger partial charge in [0, 0.05) is 22.7 Å². The average Bonchev–Trinajstić information content (AvgIpc) is 3.32. The van der Waals surface area contributed by atoms with Gasteiger partial charge in [0.1, 0.15) is 0 Å². The zero-order valence-electron chi connectivity index (χ0n) is 23.1. The van der Waals surface area contributed by atoms with Crippen LogP contribution in [0.2, 0.25) is 0 Å². The van der Waals surface area contributed by atoms with Crippen LogP contribution in [-0.2, 0) is 9.31 Å². The number of benzene rings is 1. The number of nitrogens with zero attached hydrogens (tertiary/aromatic N) is 1. The lowest BCUT2D eigenvalue weighted by Crippen LogP contribution is -2.47. The summed E-state index contributed by atoms with van der Waals surface area (Å²) in [6.45, 7) is 13.4. The maximum absolute atomic E-state index is 6.58. The van der Waals surface area contributed by atoms with Crippen LogP contribution in [0, 0.1) is 5.41 Å². The van der Waals surface area contributed by atoms with E-state index in [9.17, 15) is 0 Å². The van der Waals surface area contributed by atoms with E-state index in [4.69, 9.17) is 9.31 Å². The van der Waals surface area contributed by atoms with E-state index in [1.54, 1.807) is 0 Å². The van der Waals surface area contributed by atoms with E-state index in [1.807, 2.05) is 0 Å². The SMILES string of the molecule is CC1(C)C2=CC(B3OC(C)(C)C(C)(C)O3)=CC3c4cc(C5=CCCC=C5)ccc4N(C4=C1C=CCC4)C23. The maximum Gasteiger partial charge on any atom is 0.494 e. The number of anilines is 1. The topological polar surface area (TPSA) is 21.7 Å². The highest BCUT2D eigenvalue weighted by Gasteiger charge is 2.56. The third-order valence-corrected chi connectivity index (χ3v) is 9.96. The van der Waals surface area contributed by atoms with Crippen LogP contribution in [0.5, 0.6) is 0 Å². The van der Waals surface area contributed by atoms with Crippen molar-refractivity contribution in [2.75, 3.05) is 4.90 Å². The normalized spacial score (nSPS) is 29.9.